The third kappa shape index (κ3) is 1.41. The van der Waals surface area contributed by atoms with Crippen molar-refractivity contribution < 1.29 is 4.79 Å². The van der Waals surface area contributed by atoms with E-state index in [1.54, 1.807) is 11.9 Å². The lowest BCUT2D eigenvalue weighted by molar-refractivity contribution is -0.120. The molecule has 0 radical (unpaired) electrons. The van der Waals surface area contributed by atoms with Gasteiger partial charge in [-0.1, -0.05) is 0 Å². The van der Waals surface area contributed by atoms with Gasteiger partial charge in [0, 0.05) is 0 Å². The summed E-state index contributed by atoms with van der Waals surface area (Å²) in [5.74, 6) is -0.376. The number of amides is 1. The number of nitrogens with two attached hydrogens (primary N) is 1. The molecule has 0 heterocycles. The molecule has 66 valence electrons. The highest BCUT2D eigenvalue weighted by Crippen LogP contribution is 2.35. The monoisotopic (exact) mass is 167 g/mol. The van der Waals surface area contributed by atoms with Gasteiger partial charge in [0.2, 0.25) is 5.91 Å². The first-order valence-electron chi connectivity index (χ1n) is 4.01. The predicted octanol–water partition coefficient (Wildman–Crippen LogP) is -0.150. The Kier molecular flexibility index (Phi) is 2.34. The molecule has 0 atom stereocenters. The first-order chi connectivity index (χ1) is 5.60. The first kappa shape index (κ1) is 9.01. The minimum atomic E-state index is -0.408. The molecule has 1 saturated carbocycles. The minimum Gasteiger partial charge on any atom is -0.369 e. The SMILES string of the molecule is CN(CC(N)=O)C1(C#N)CCC1. The van der Waals surface area contributed by atoms with Gasteiger partial charge in [-0.15, -0.1) is 0 Å². The van der Waals surface area contributed by atoms with Gasteiger partial charge in [0.05, 0.1) is 12.6 Å². The Morgan fingerprint density at radius 1 is 1.75 bits per heavy atom. The second-order valence-corrected chi connectivity index (χ2v) is 3.32. The van der Waals surface area contributed by atoms with Gasteiger partial charge in [-0.05, 0) is 26.3 Å². The summed E-state index contributed by atoms with van der Waals surface area (Å²) in [6, 6.07) is 2.24. The van der Waals surface area contributed by atoms with Gasteiger partial charge in [-0.3, -0.25) is 9.69 Å². The molecule has 1 aliphatic carbocycles. The topological polar surface area (TPSA) is 70.1 Å². The van der Waals surface area contributed by atoms with E-state index in [0.29, 0.717) is 0 Å². The number of carbonyl (C=O) groups is 1. The Morgan fingerprint density at radius 2 is 2.33 bits per heavy atom. The van der Waals surface area contributed by atoms with E-state index in [9.17, 15) is 4.79 Å². The zero-order chi connectivity index (χ0) is 9.19. The van der Waals surface area contributed by atoms with Crippen molar-refractivity contribution in [2.45, 2.75) is 24.8 Å². The molecule has 1 amide bonds. The molecule has 0 aromatic rings. The maximum Gasteiger partial charge on any atom is 0.231 e. The van der Waals surface area contributed by atoms with E-state index in [0.717, 1.165) is 19.3 Å². The molecule has 0 bridgehead atoms. The number of primary amides is 1. The van der Waals surface area contributed by atoms with Crippen molar-refractivity contribution in [3.63, 3.8) is 0 Å². The summed E-state index contributed by atoms with van der Waals surface area (Å²) < 4.78 is 0. The number of hydrogen-bond acceptors (Lipinski definition) is 3. The van der Waals surface area contributed by atoms with Crippen LogP contribution in [0, 0.1) is 11.3 Å². The fourth-order valence-electron chi connectivity index (χ4n) is 1.48. The molecule has 1 aliphatic rings. The number of carbonyl (C=O) groups excluding carboxylic acids is 1. The van der Waals surface area contributed by atoms with E-state index in [1.165, 1.54) is 0 Å². The molecule has 4 heteroatoms. The molecule has 1 fully saturated rings. The molecule has 0 unspecified atom stereocenters. The Balaban J connectivity index is 2.56. The summed E-state index contributed by atoms with van der Waals surface area (Å²) in [6.45, 7) is 0.174. The largest absolute Gasteiger partial charge is 0.369 e. The van der Waals surface area contributed by atoms with Crippen LogP contribution in [0.15, 0.2) is 0 Å². The van der Waals surface area contributed by atoms with Crippen LogP contribution >= 0.6 is 0 Å². The molecule has 0 spiro atoms. The lowest BCUT2D eigenvalue weighted by Gasteiger charge is -2.42. The van der Waals surface area contributed by atoms with E-state index in [1.807, 2.05) is 0 Å². The summed E-state index contributed by atoms with van der Waals surface area (Å²) in [5.41, 5.74) is 4.63. The van der Waals surface area contributed by atoms with Gasteiger partial charge < -0.3 is 5.73 Å². The predicted molar refractivity (Wildman–Crippen MR) is 44.0 cm³/mol. The fraction of sp³-hybridized carbons (Fsp3) is 0.750. The standard InChI is InChI=1S/C8H13N3O/c1-11(5-7(10)12)8(6-9)3-2-4-8/h2-5H2,1H3,(H2,10,12). The molecule has 0 aromatic carbocycles. The summed E-state index contributed by atoms with van der Waals surface area (Å²) in [6.07, 6.45) is 2.78. The zero-order valence-electron chi connectivity index (χ0n) is 7.21. The fourth-order valence-corrected chi connectivity index (χ4v) is 1.48. The number of nitriles is 1. The average molecular weight is 167 g/mol. The van der Waals surface area contributed by atoms with Gasteiger partial charge in [0.1, 0.15) is 5.54 Å². The van der Waals surface area contributed by atoms with E-state index in [4.69, 9.17) is 11.0 Å². The first-order valence-corrected chi connectivity index (χ1v) is 4.01. The molecule has 2 N–H and O–H groups in total. The Hall–Kier alpha value is -1.08. The molecule has 0 saturated heterocycles. The number of rotatable bonds is 3. The lowest BCUT2D eigenvalue weighted by atomic mass is 9.77. The number of likely N-dealkylation sites (N-methyl/N-ethyl adjacent to an activating group) is 1. The van der Waals surface area contributed by atoms with Crippen LogP contribution in [-0.2, 0) is 4.79 Å². The molecule has 4 nitrogen and oxygen atoms in total. The van der Waals surface area contributed by atoms with Crippen molar-refractivity contribution in [3.8, 4) is 6.07 Å². The highest BCUT2D eigenvalue weighted by Gasteiger charge is 2.41. The van der Waals surface area contributed by atoms with Crippen LogP contribution in [0.1, 0.15) is 19.3 Å². The van der Waals surface area contributed by atoms with Gasteiger partial charge in [-0.2, -0.15) is 5.26 Å². The zero-order valence-corrected chi connectivity index (χ0v) is 7.21. The van der Waals surface area contributed by atoms with Crippen molar-refractivity contribution in [3.05, 3.63) is 0 Å². The lowest BCUT2D eigenvalue weighted by Crippen LogP contribution is -2.53. The third-order valence-electron chi connectivity index (χ3n) is 2.51. The van der Waals surface area contributed by atoms with Crippen LogP contribution < -0.4 is 5.73 Å². The van der Waals surface area contributed by atoms with Crippen molar-refractivity contribution in [2.75, 3.05) is 13.6 Å². The summed E-state index contributed by atoms with van der Waals surface area (Å²) in [7, 11) is 1.77. The van der Waals surface area contributed by atoms with E-state index < -0.39 is 5.54 Å². The summed E-state index contributed by atoms with van der Waals surface area (Å²) in [4.78, 5) is 12.3. The van der Waals surface area contributed by atoms with Crippen molar-refractivity contribution >= 4 is 5.91 Å². The third-order valence-corrected chi connectivity index (χ3v) is 2.51. The Morgan fingerprint density at radius 3 is 2.58 bits per heavy atom. The van der Waals surface area contributed by atoms with E-state index in [2.05, 4.69) is 6.07 Å². The average Bonchev–Trinajstić information content (AvgIpc) is 1.83. The van der Waals surface area contributed by atoms with Crippen LogP contribution in [0.25, 0.3) is 0 Å². The van der Waals surface area contributed by atoms with Gasteiger partial charge in [-0.25, -0.2) is 0 Å². The van der Waals surface area contributed by atoms with Crippen molar-refractivity contribution in [1.29, 1.82) is 5.26 Å². The van der Waals surface area contributed by atoms with Gasteiger partial charge in [0.25, 0.3) is 0 Å². The van der Waals surface area contributed by atoms with Crippen molar-refractivity contribution in [2.24, 2.45) is 5.73 Å². The molecule has 0 aliphatic heterocycles. The van der Waals surface area contributed by atoms with Crippen LogP contribution in [0.4, 0.5) is 0 Å². The maximum absolute atomic E-state index is 10.6. The molecule has 12 heavy (non-hydrogen) atoms. The van der Waals surface area contributed by atoms with E-state index >= 15 is 0 Å². The van der Waals surface area contributed by atoms with Crippen LogP contribution in [0.5, 0.6) is 0 Å². The summed E-state index contributed by atoms with van der Waals surface area (Å²) in [5, 5.41) is 8.88. The smallest absolute Gasteiger partial charge is 0.231 e. The second-order valence-electron chi connectivity index (χ2n) is 3.32. The number of nitrogens with zero attached hydrogens (tertiary/aromatic N) is 2. The van der Waals surface area contributed by atoms with Gasteiger partial charge >= 0.3 is 0 Å². The molecule has 0 aromatic heterocycles. The highest BCUT2D eigenvalue weighted by atomic mass is 16.1. The van der Waals surface area contributed by atoms with Crippen LogP contribution in [0.2, 0.25) is 0 Å². The van der Waals surface area contributed by atoms with Crippen LogP contribution in [0.3, 0.4) is 0 Å². The van der Waals surface area contributed by atoms with Gasteiger partial charge in [0.15, 0.2) is 0 Å². The normalized spacial score (nSPS) is 19.8. The Bertz CT molecular complexity index is 227. The maximum atomic E-state index is 10.6. The molecular formula is C8H13N3O. The summed E-state index contributed by atoms with van der Waals surface area (Å²) >= 11 is 0. The van der Waals surface area contributed by atoms with Crippen molar-refractivity contribution in [1.82, 2.24) is 4.90 Å². The molecule has 1 rings (SSSR count). The van der Waals surface area contributed by atoms with E-state index in [-0.39, 0.29) is 12.5 Å². The second kappa shape index (κ2) is 3.11. The Labute approximate surface area is 71.9 Å². The quantitative estimate of drug-likeness (QED) is 0.635. The number of hydrogen-bond donors (Lipinski definition) is 1. The van der Waals surface area contributed by atoms with Crippen LogP contribution in [-0.4, -0.2) is 29.9 Å². The molecular weight excluding hydrogens is 154 g/mol. The minimum absolute atomic E-state index is 0.174. The highest BCUT2D eigenvalue weighted by molar-refractivity contribution is 5.76.